The average Bonchev–Trinajstić information content (AvgIpc) is 3.02. The van der Waals surface area contributed by atoms with Crippen LogP contribution in [0.5, 0.6) is 5.75 Å². The predicted octanol–water partition coefficient (Wildman–Crippen LogP) is 2.82. The van der Waals surface area contributed by atoms with Crippen LogP contribution in [0.15, 0.2) is 36.9 Å². The molecule has 3 rings (SSSR count). The molecule has 1 aliphatic heterocycles. The highest BCUT2D eigenvalue weighted by atomic mass is 16.5. The summed E-state index contributed by atoms with van der Waals surface area (Å²) in [5, 5.41) is 4.07. The number of aryl methyl sites for hydroxylation is 1. The molecular formula is C18H24N4O2. The molecular weight excluding hydrogens is 304 g/mol. The first-order valence-corrected chi connectivity index (χ1v) is 8.54. The lowest BCUT2D eigenvalue weighted by Crippen LogP contribution is -2.35. The Morgan fingerprint density at radius 1 is 1.25 bits per heavy atom. The molecule has 2 heterocycles. The fourth-order valence-electron chi connectivity index (χ4n) is 3.28. The minimum absolute atomic E-state index is 0.154. The van der Waals surface area contributed by atoms with Crippen molar-refractivity contribution in [1.82, 2.24) is 19.7 Å². The zero-order valence-corrected chi connectivity index (χ0v) is 14.1. The number of nitrogens with zero attached hydrogens (tertiary/aromatic N) is 4. The Kier molecular flexibility index (Phi) is 5.46. The van der Waals surface area contributed by atoms with Gasteiger partial charge in [0.25, 0.3) is 0 Å². The van der Waals surface area contributed by atoms with Gasteiger partial charge >= 0.3 is 0 Å². The first-order chi connectivity index (χ1) is 11.8. The van der Waals surface area contributed by atoms with Crippen LogP contribution in [0.2, 0.25) is 0 Å². The largest absolute Gasteiger partial charge is 0.497 e. The molecule has 1 aromatic carbocycles. The molecule has 6 heteroatoms. The summed E-state index contributed by atoms with van der Waals surface area (Å²) in [7, 11) is 1.67. The second-order valence-corrected chi connectivity index (χ2v) is 6.13. The number of hydrogen-bond acceptors (Lipinski definition) is 4. The van der Waals surface area contributed by atoms with E-state index < -0.39 is 0 Å². The molecule has 0 aliphatic carbocycles. The highest BCUT2D eigenvalue weighted by molar-refractivity contribution is 5.76. The molecule has 0 unspecified atom stereocenters. The standard InChI is InChI=1S/C18H24N4O2/c1-24-16-8-6-15(7-9-16)17-5-3-2-4-11-22(17)18(23)10-12-21-14-19-13-20-21/h6-9,13-14,17H,2-5,10-12H2,1H3/t17-/m0/s1. The summed E-state index contributed by atoms with van der Waals surface area (Å²) in [6, 6.07) is 8.25. The first-order valence-electron chi connectivity index (χ1n) is 8.54. The number of carbonyl (C=O) groups excluding carboxylic acids is 1. The highest BCUT2D eigenvalue weighted by Gasteiger charge is 2.26. The van der Waals surface area contributed by atoms with E-state index in [4.69, 9.17) is 4.74 Å². The number of aromatic nitrogens is 3. The van der Waals surface area contributed by atoms with Gasteiger partial charge in [0.1, 0.15) is 18.4 Å². The van der Waals surface area contributed by atoms with E-state index >= 15 is 0 Å². The molecule has 1 amide bonds. The van der Waals surface area contributed by atoms with Gasteiger partial charge in [0.2, 0.25) is 5.91 Å². The SMILES string of the molecule is COc1ccc([C@@H]2CCCCCN2C(=O)CCn2cncn2)cc1. The lowest BCUT2D eigenvalue weighted by molar-refractivity contribution is -0.134. The Morgan fingerprint density at radius 2 is 2.08 bits per heavy atom. The van der Waals surface area contributed by atoms with Gasteiger partial charge in [0.15, 0.2) is 0 Å². The van der Waals surface area contributed by atoms with Gasteiger partial charge in [-0.3, -0.25) is 9.48 Å². The number of benzene rings is 1. The quantitative estimate of drug-likeness (QED) is 0.847. The monoisotopic (exact) mass is 328 g/mol. The summed E-state index contributed by atoms with van der Waals surface area (Å²) >= 11 is 0. The molecule has 1 aliphatic rings. The third kappa shape index (κ3) is 3.93. The van der Waals surface area contributed by atoms with E-state index in [-0.39, 0.29) is 11.9 Å². The Balaban J connectivity index is 1.72. The molecule has 0 spiro atoms. The average molecular weight is 328 g/mol. The fourth-order valence-corrected chi connectivity index (χ4v) is 3.28. The third-order valence-electron chi connectivity index (χ3n) is 4.60. The number of rotatable bonds is 5. The van der Waals surface area contributed by atoms with Crippen molar-refractivity contribution in [2.45, 2.75) is 44.7 Å². The Labute approximate surface area is 142 Å². The fraction of sp³-hybridized carbons (Fsp3) is 0.500. The molecule has 1 saturated heterocycles. The second-order valence-electron chi connectivity index (χ2n) is 6.13. The molecule has 24 heavy (non-hydrogen) atoms. The highest BCUT2D eigenvalue weighted by Crippen LogP contribution is 2.31. The lowest BCUT2D eigenvalue weighted by Gasteiger charge is -2.30. The van der Waals surface area contributed by atoms with E-state index in [9.17, 15) is 4.79 Å². The Bertz CT molecular complexity index is 640. The molecule has 2 aromatic rings. The van der Waals surface area contributed by atoms with Crippen molar-refractivity contribution >= 4 is 5.91 Å². The lowest BCUT2D eigenvalue weighted by atomic mass is 10.0. The van der Waals surface area contributed by atoms with Gasteiger partial charge < -0.3 is 9.64 Å². The minimum Gasteiger partial charge on any atom is -0.497 e. The summed E-state index contributed by atoms with van der Waals surface area (Å²) in [5.41, 5.74) is 1.19. The molecule has 0 radical (unpaired) electrons. The molecule has 128 valence electrons. The summed E-state index contributed by atoms with van der Waals surface area (Å²) in [6.45, 7) is 1.40. The molecule has 0 bridgehead atoms. The second kappa shape index (κ2) is 7.95. The molecule has 0 saturated carbocycles. The van der Waals surface area contributed by atoms with Gasteiger partial charge in [-0.05, 0) is 30.5 Å². The van der Waals surface area contributed by atoms with Crippen molar-refractivity contribution < 1.29 is 9.53 Å². The van der Waals surface area contributed by atoms with Gasteiger partial charge in [-0.15, -0.1) is 0 Å². The smallest absolute Gasteiger partial charge is 0.224 e. The molecule has 1 aromatic heterocycles. The van der Waals surface area contributed by atoms with E-state index in [0.717, 1.165) is 31.6 Å². The Morgan fingerprint density at radius 3 is 2.79 bits per heavy atom. The van der Waals surface area contributed by atoms with Crippen LogP contribution in [0.3, 0.4) is 0 Å². The van der Waals surface area contributed by atoms with Gasteiger partial charge in [0.05, 0.1) is 19.7 Å². The summed E-state index contributed by atoms with van der Waals surface area (Å²) in [5.74, 6) is 1.03. The van der Waals surface area contributed by atoms with Crippen LogP contribution >= 0.6 is 0 Å². The maximum absolute atomic E-state index is 12.8. The number of likely N-dealkylation sites (tertiary alicyclic amines) is 1. The van der Waals surface area contributed by atoms with Gasteiger partial charge in [-0.2, -0.15) is 5.10 Å². The van der Waals surface area contributed by atoms with Crippen LogP contribution < -0.4 is 4.74 Å². The zero-order valence-electron chi connectivity index (χ0n) is 14.1. The van der Waals surface area contributed by atoms with Gasteiger partial charge in [0, 0.05) is 13.0 Å². The Hall–Kier alpha value is -2.37. The normalized spacial score (nSPS) is 18.2. The van der Waals surface area contributed by atoms with Crippen molar-refractivity contribution in [3.05, 3.63) is 42.5 Å². The van der Waals surface area contributed by atoms with Crippen LogP contribution in [-0.2, 0) is 11.3 Å². The van der Waals surface area contributed by atoms with Crippen molar-refractivity contribution in [3.63, 3.8) is 0 Å². The molecule has 0 N–H and O–H groups in total. The number of ether oxygens (including phenoxy) is 1. The summed E-state index contributed by atoms with van der Waals surface area (Å²) in [4.78, 5) is 18.8. The summed E-state index contributed by atoms with van der Waals surface area (Å²) < 4.78 is 6.95. The maximum Gasteiger partial charge on any atom is 0.224 e. The van der Waals surface area contributed by atoms with E-state index in [1.165, 1.54) is 18.3 Å². The van der Waals surface area contributed by atoms with Crippen LogP contribution in [0.25, 0.3) is 0 Å². The minimum atomic E-state index is 0.154. The van der Waals surface area contributed by atoms with Crippen molar-refractivity contribution in [2.75, 3.05) is 13.7 Å². The van der Waals surface area contributed by atoms with E-state index in [1.54, 1.807) is 18.1 Å². The number of amides is 1. The van der Waals surface area contributed by atoms with Gasteiger partial charge in [-0.25, -0.2) is 4.98 Å². The number of hydrogen-bond donors (Lipinski definition) is 0. The number of methoxy groups -OCH3 is 1. The molecule has 1 fully saturated rings. The number of carbonyl (C=O) groups is 1. The van der Waals surface area contributed by atoms with E-state index in [2.05, 4.69) is 22.2 Å². The molecule has 6 nitrogen and oxygen atoms in total. The molecule has 1 atom stereocenters. The van der Waals surface area contributed by atoms with Crippen molar-refractivity contribution in [1.29, 1.82) is 0 Å². The van der Waals surface area contributed by atoms with Crippen LogP contribution in [0, 0.1) is 0 Å². The van der Waals surface area contributed by atoms with Crippen molar-refractivity contribution in [3.8, 4) is 5.75 Å². The van der Waals surface area contributed by atoms with Crippen molar-refractivity contribution in [2.24, 2.45) is 0 Å². The topological polar surface area (TPSA) is 60.2 Å². The van der Waals surface area contributed by atoms with E-state index in [0.29, 0.717) is 13.0 Å². The maximum atomic E-state index is 12.8. The predicted molar refractivity (Wildman–Crippen MR) is 90.6 cm³/mol. The van der Waals surface area contributed by atoms with Gasteiger partial charge in [-0.1, -0.05) is 25.0 Å². The van der Waals surface area contributed by atoms with E-state index in [1.807, 2.05) is 17.0 Å². The van der Waals surface area contributed by atoms with Crippen LogP contribution in [0.1, 0.15) is 43.7 Å². The third-order valence-corrected chi connectivity index (χ3v) is 4.60. The first kappa shape index (κ1) is 16.5. The van der Waals surface area contributed by atoms with Crippen LogP contribution in [-0.4, -0.2) is 39.2 Å². The summed E-state index contributed by atoms with van der Waals surface area (Å²) in [6.07, 6.45) is 8.02. The van der Waals surface area contributed by atoms with Crippen LogP contribution in [0.4, 0.5) is 0 Å². The zero-order chi connectivity index (χ0) is 16.8.